The van der Waals surface area contributed by atoms with Crippen LogP contribution in [0.25, 0.3) is 0 Å². The number of amides is 1. The number of carbonyl (C=O) groups excluding carboxylic acids is 1. The molecule has 116 valence electrons. The van der Waals surface area contributed by atoms with Gasteiger partial charge in [-0.3, -0.25) is 14.5 Å². The third kappa shape index (κ3) is 2.74. The summed E-state index contributed by atoms with van der Waals surface area (Å²) < 4.78 is 7.49. The Morgan fingerprint density at radius 3 is 3.05 bits per heavy atom. The smallest absolute Gasteiger partial charge is 0.255 e. The highest BCUT2D eigenvalue weighted by molar-refractivity contribution is 5.94. The molecule has 0 saturated heterocycles. The first-order chi connectivity index (χ1) is 10.7. The van der Waals surface area contributed by atoms with Crippen molar-refractivity contribution in [3.63, 3.8) is 0 Å². The van der Waals surface area contributed by atoms with E-state index in [9.17, 15) is 4.79 Å². The number of aromatic nitrogens is 3. The molecule has 0 bridgehead atoms. The van der Waals surface area contributed by atoms with Crippen LogP contribution >= 0.6 is 0 Å². The van der Waals surface area contributed by atoms with E-state index >= 15 is 0 Å². The van der Waals surface area contributed by atoms with E-state index in [1.165, 1.54) is 5.69 Å². The van der Waals surface area contributed by atoms with Crippen molar-refractivity contribution in [1.82, 2.24) is 19.7 Å². The first-order valence-electron chi connectivity index (χ1n) is 7.48. The van der Waals surface area contributed by atoms with Crippen LogP contribution in [0.3, 0.4) is 0 Å². The Bertz CT molecular complexity index is 653. The second kappa shape index (κ2) is 6.27. The number of hydrogen-bond acceptors (Lipinski definition) is 4. The Labute approximate surface area is 129 Å². The van der Waals surface area contributed by atoms with Crippen molar-refractivity contribution >= 4 is 5.91 Å². The molecule has 3 rings (SSSR count). The van der Waals surface area contributed by atoms with Gasteiger partial charge in [0.25, 0.3) is 5.91 Å². The van der Waals surface area contributed by atoms with Crippen LogP contribution in [-0.4, -0.2) is 45.3 Å². The first kappa shape index (κ1) is 14.7. The van der Waals surface area contributed by atoms with Crippen LogP contribution in [0, 0.1) is 0 Å². The fourth-order valence-corrected chi connectivity index (χ4v) is 2.98. The van der Waals surface area contributed by atoms with Crippen molar-refractivity contribution in [1.29, 1.82) is 0 Å². The zero-order chi connectivity index (χ0) is 15.5. The maximum atomic E-state index is 12.7. The van der Waals surface area contributed by atoms with Gasteiger partial charge in [0.15, 0.2) is 0 Å². The van der Waals surface area contributed by atoms with E-state index in [1.54, 1.807) is 24.5 Å². The van der Waals surface area contributed by atoms with Crippen LogP contribution in [0.2, 0.25) is 0 Å². The van der Waals surface area contributed by atoms with E-state index in [-0.39, 0.29) is 11.8 Å². The van der Waals surface area contributed by atoms with E-state index in [0.29, 0.717) is 31.9 Å². The van der Waals surface area contributed by atoms with Crippen LogP contribution in [0.5, 0.6) is 0 Å². The Morgan fingerprint density at radius 2 is 2.32 bits per heavy atom. The molecule has 1 aliphatic rings. The van der Waals surface area contributed by atoms with Crippen LogP contribution < -0.4 is 0 Å². The van der Waals surface area contributed by atoms with Crippen molar-refractivity contribution in [3.05, 3.63) is 47.5 Å². The number of pyridine rings is 1. The molecule has 1 aliphatic heterocycles. The molecular formula is C16H20N4O2. The van der Waals surface area contributed by atoms with E-state index in [1.807, 2.05) is 29.7 Å². The maximum absolute atomic E-state index is 12.7. The van der Waals surface area contributed by atoms with Gasteiger partial charge in [-0.1, -0.05) is 0 Å². The summed E-state index contributed by atoms with van der Waals surface area (Å²) in [7, 11) is 1.94. The molecule has 0 spiro atoms. The highest BCUT2D eigenvalue weighted by atomic mass is 16.5. The van der Waals surface area contributed by atoms with Gasteiger partial charge in [-0.25, -0.2) is 0 Å². The van der Waals surface area contributed by atoms with Gasteiger partial charge in [0.1, 0.15) is 0 Å². The zero-order valence-electron chi connectivity index (χ0n) is 12.9. The zero-order valence-corrected chi connectivity index (χ0v) is 12.9. The molecule has 0 aliphatic carbocycles. The van der Waals surface area contributed by atoms with Crippen molar-refractivity contribution in [2.75, 3.05) is 19.8 Å². The molecule has 0 radical (unpaired) electrons. The fraction of sp³-hybridized carbons (Fsp3) is 0.438. The molecule has 0 aromatic carbocycles. The minimum Gasteiger partial charge on any atom is -0.381 e. The maximum Gasteiger partial charge on any atom is 0.255 e. The molecule has 0 saturated carbocycles. The Balaban J connectivity index is 1.85. The van der Waals surface area contributed by atoms with Gasteiger partial charge < -0.3 is 9.64 Å². The number of carbonyl (C=O) groups is 1. The summed E-state index contributed by atoms with van der Waals surface area (Å²) in [6.07, 6.45) is 5.12. The summed E-state index contributed by atoms with van der Waals surface area (Å²) in [6.45, 7) is 4.46. The van der Waals surface area contributed by atoms with E-state index in [0.717, 1.165) is 5.56 Å². The van der Waals surface area contributed by atoms with Gasteiger partial charge in [-0.2, -0.15) is 5.10 Å². The first-order valence-corrected chi connectivity index (χ1v) is 7.48. The molecule has 6 nitrogen and oxygen atoms in total. The molecule has 6 heteroatoms. The van der Waals surface area contributed by atoms with Gasteiger partial charge in [0.2, 0.25) is 0 Å². The average Bonchev–Trinajstić information content (AvgIpc) is 2.94. The van der Waals surface area contributed by atoms with Crippen molar-refractivity contribution < 1.29 is 9.53 Å². The lowest BCUT2D eigenvalue weighted by Gasteiger charge is -2.33. The number of hydrogen-bond donors (Lipinski definition) is 0. The van der Waals surface area contributed by atoms with E-state index < -0.39 is 0 Å². The van der Waals surface area contributed by atoms with Crippen LogP contribution in [0.15, 0.2) is 30.7 Å². The van der Waals surface area contributed by atoms with E-state index in [4.69, 9.17) is 4.74 Å². The molecule has 22 heavy (non-hydrogen) atoms. The lowest BCUT2D eigenvalue weighted by molar-refractivity contribution is 0.0647. The molecule has 2 aromatic rings. The van der Waals surface area contributed by atoms with E-state index in [2.05, 4.69) is 10.1 Å². The summed E-state index contributed by atoms with van der Waals surface area (Å²) in [4.78, 5) is 18.5. The number of fused-ring (bicyclic) bond motifs is 1. The van der Waals surface area contributed by atoms with Gasteiger partial charge in [-0.15, -0.1) is 0 Å². The molecule has 1 amide bonds. The molecule has 0 unspecified atom stereocenters. The van der Waals surface area contributed by atoms with Crippen LogP contribution in [0.4, 0.5) is 0 Å². The monoisotopic (exact) mass is 300 g/mol. The largest absolute Gasteiger partial charge is 0.381 e. The van der Waals surface area contributed by atoms with Gasteiger partial charge in [0.05, 0.1) is 24.1 Å². The second-order valence-electron chi connectivity index (χ2n) is 5.46. The van der Waals surface area contributed by atoms with Crippen molar-refractivity contribution in [3.8, 4) is 0 Å². The molecule has 1 atom stereocenters. The Kier molecular flexibility index (Phi) is 4.20. The highest BCUT2D eigenvalue weighted by Crippen LogP contribution is 2.29. The lowest BCUT2D eigenvalue weighted by atomic mass is 9.96. The molecule has 0 fully saturated rings. The quantitative estimate of drug-likeness (QED) is 0.860. The fourth-order valence-electron chi connectivity index (χ4n) is 2.98. The summed E-state index contributed by atoms with van der Waals surface area (Å²) in [5, 5.41) is 4.33. The van der Waals surface area contributed by atoms with Crippen LogP contribution in [0.1, 0.15) is 34.5 Å². The Morgan fingerprint density at radius 1 is 1.45 bits per heavy atom. The summed E-state index contributed by atoms with van der Waals surface area (Å²) in [5.74, 6) is 0.154. The number of rotatable bonds is 4. The summed E-state index contributed by atoms with van der Waals surface area (Å²) >= 11 is 0. The predicted octanol–water partition coefficient (Wildman–Crippen LogP) is 1.59. The van der Waals surface area contributed by atoms with Gasteiger partial charge in [0, 0.05) is 50.6 Å². The second-order valence-corrected chi connectivity index (χ2v) is 5.46. The third-order valence-electron chi connectivity index (χ3n) is 3.97. The van der Waals surface area contributed by atoms with Gasteiger partial charge >= 0.3 is 0 Å². The molecular weight excluding hydrogens is 280 g/mol. The topological polar surface area (TPSA) is 60.2 Å². The standard InChI is InChI=1S/C16H20N4O2/c1-3-22-11-14-10-20(9-13-8-18-19(2)15(13)14)16(21)12-5-4-6-17-7-12/h4-8,14H,3,9-11H2,1-2H3/t14-/m1/s1. The lowest BCUT2D eigenvalue weighted by Crippen LogP contribution is -2.40. The minimum absolute atomic E-state index is 0.00380. The SMILES string of the molecule is CCOC[C@H]1CN(C(=O)c2cccnc2)Cc2cnn(C)c21. The molecule has 0 N–H and O–H groups in total. The summed E-state index contributed by atoms with van der Waals surface area (Å²) in [5.41, 5.74) is 2.88. The van der Waals surface area contributed by atoms with Crippen molar-refractivity contribution in [2.24, 2.45) is 7.05 Å². The normalized spacial score (nSPS) is 17.4. The summed E-state index contributed by atoms with van der Waals surface area (Å²) in [6, 6.07) is 3.58. The number of aryl methyl sites for hydroxylation is 1. The van der Waals surface area contributed by atoms with Gasteiger partial charge in [-0.05, 0) is 19.1 Å². The average molecular weight is 300 g/mol. The van der Waals surface area contributed by atoms with Crippen molar-refractivity contribution in [2.45, 2.75) is 19.4 Å². The van der Waals surface area contributed by atoms with Crippen LogP contribution in [-0.2, 0) is 18.3 Å². The third-order valence-corrected chi connectivity index (χ3v) is 3.97. The minimum atomic E-state index is 0.00380. The Hall–Kier alpha value is -2.21. The highest BCUT2D eigenvalue weighted by Gasteiger charge is 2.31. The molecule has 2 aromatic heterocycles. The number of nitrogens with zero attached hydrogens (tertiary/aromatic N) is 4. The number of ether oxygens (including phenoxy) is 1. The predicted molar refractivity (Wildman–Crippen MR) is 81.4 cm³/mol. The molecule has 3 heterocycles.